The first-order valence-corrected chi connectivity index (χ1v) is 22.4. The Balaban J connectivity index is 3.63. The smallest absolute Gasteiger partial charge is 0.220 e. The average molecular weight is 770 g/mol. The second-order valence-electron chi connectivity index (χ2n) is 14.4. The minimum absolute atomic E-state index is 0.0929. The van der Waals surface area contributed by atoms with Crippen molar-refractivity contribution in [2.75, 3.05) is 6.61 Å². The van der Waals surface area contributed by atoms with Crippen LogP contribution in [0.1, 0.15) is 168 Å². The van der Waals surface area contributed by atoms with E-state index in [9.17, 15) is 15.0 Å². The lowest BCUT2D eigenvalue weighted by atomic mass is 10.1. The van der Waals surface area contributed by atoms with Crippen molar-refractivity contribution in [2.24, 2.45) is 0 Å². The van der Waals surface area contributed by atoms with Crippen LogP contribution in [0.2, 0.25) is 0 Å². The van der Waals surface area contributed by atoms with Gasteiger partial charge in [0.1, 0.15) is 0 Å². The van der Waals surface area contributed by atoms with Crippen molar-refractivity contribution in [1.82, 2.24) is 5.32 Å². The maximum absolute atomic E-state index is 12.3. The minimum Gasteiger partial charge on any atom is -0.394 e. The van der Waals surface area contributed by atoms with Crippen molar-refractivity contribution in [3.05, 3.63) is 134 Å². The Labute approximate surface area is 345 Å². The number of aliphatic hydroxyl groups is 2. The molecule has 2 unspecified atom stereocenters. The molecule has 0 saturated heterocycles. The van der Waals surface area contributed by atoms with E-state index in [1.54, 1.807) is 6.08 Å². The quantitative estimate of drug-likeness (QED) is 0.0433. The summed E-state index contributed by atoms with van der Waals surface area (Å²) in [6.45, 7) is 4.05. The number of allylic oxidation sites excluding steroid dienone is 21. The van der Waals surface area contributed by atoms with Crippen LogP contribution < -0.4 is 5.32 Å². The van der Waals surface area contributed by atoms with Gasteiger partial charge in [0.25, 0.3) is 0 Å². The summed E-state index contributed by atoms with van der Waals surface area (Å²) in [6, 6.07) is -0.648. The molecule has 0 fully saturated rings. The number of unbranched alkanes of at least 4 members (excludes halogenated alkanes) is 11. The third-order valence-corrected chi connectivity index (χ3v) is 9.10. The molecule has 0 aromatic carbocycles. The number of hydrogen-bond donors (Lipinski definition) is 3. The van der Waals surface area contributed by atoms with E-state index in [1.807, 2.05) is 6.08 Å². The Morgan fingerprint density at radius 3 is 1.23 bits per heavy atom. The molecule has 0 rings (SSSR count). The summed E-state index contributed by atoms with van der Waals surface area (Å²) >= 11 is 0. The summed E-state index contributed by atoms with van der Waals surface area (Å²) in [5.41, 5.74) is 0. The zero-order chi connectivity index (χ0) is 40.7. The second-order valence-corrected chi connectivity index (χ2v) is 14.4. The molecule has 0 spiro atoms. The van der Waals surface area contributed by atoms with Gasteiger partial charge < -0.3 is 15.5 Å². The van der Waals surface area contributed by atoms with Crippen LogP contribution in [-0.4, -0.2) is 34.9 Å². The zero-order valence-corrected chi connectivity index (χ0v) is 35.8. The van der Waals surface area contributed by atoms with E-state index in [-0.39, 0.29) is 12.5 Å². The Morgan fingerprint density at radius 1 is 0.446 bits per heavy atom. The van der Waals surface area contributed by atoms with Gasteiger partial charge in [0.05, 0.1) is 18.8 Å². The lowest BCUT2D eigenvalue weighted by molar-refractivity contribution is -0.123. The van der Waals surface area contributed by atoms with Crippen molar-refractivity contribution in [2.45, 2.75) is 180 Å². The molecular formula is C52H83NO3. The Kier molecular flexibility index (Phi) is 43.1. The molecule has 3 N–H and O–H groups in total. The molecule has 314 valence electrons. The number of hydrogen-bond acceptors (Lipinski definition) is 3. The Bertz CT molecular complexity index is 1190. The molecule has 0 aromatic heterocycles. The first kappa shape index (κ1) is 52.5. The van der Waals surface area contributed by atoms with Gasteiger partial charge in [-0.3, -0.25) is 4.79 Å². The fraction of sp³-hybridized carbons (Fsp3) is 0.558. The third-order valence-electron chi connectivity index (χ3n) is 9.10. The Morgan fingerprint density at radius 2 is 0.804 bits per heavy atom. The van der Waals surface area contributed by atoms with Crippen LogP contribution in [-0.2, 0) is 4.79 Å². The Hall–Kier alpha value is -3.47. The third kappa shape index (κ3) is 41.7. The van der Waals surface area contributed by atoms with Crippen LogP contribution in [0.5, 0.6) is 0 Å². The van der Waals surface area contributed by atoms with Crippen LogP contribution >= 0.6 is 0 Å². The molecular weight excluding hydrogens is 687 g/mol. The molecule has 0 aromatic rings. The molecule has 0 radical (unpaired) electrons. The summed E-state index contributed by atoms with van der Waals surface area (Å²) in [6.07, 6.45) is 73.0. The van der Waals surface area contributed by atoms with Gasteiger partial charge in [-0.25, -0.2) is 0 Å². The van der Waals surface area contributed by atoms with E-state index in [0.29, 0.717) is 6.42 Å². The zero-order valence-electron chi connectivity index (χ0n) is 35.8. The number of nitrogens with one attached hydrogen (secondary N) is 1. The van der Waals surface area contributed by atoms with Gasteiger partial charge in [-0.05, 0) is 96.3 Å². The summed E-state index contributed by atoms with van der Waals surface area (Å²) in [7, 11) is 0. The monoisotopic (exact) mass is 770 g/mol. The average Bonchev–Trinajstić information content (AvgIpc) is 3.20. The fourth-order valence-corrected chi connectivity index (χ4v) is 5.72. The van der Waals surface area contributed by atoms with Gasteiger partial charge in [-0.2, -0.15) is 0 Å². The van der Waals surface area contributed by atoms with Crippen LogP contribution in [0.4, 0.5) is 0 Å². The predicted octanol–water partition coefficient (Wildman–Crippen LogP) is 14.3. The van der Waals surface area contributed by atoms with Crippen LogP contribution in [0.25, 0.3) is 0 Å². The fourth-order valence-electron chi connectivity index (χ4n) is 5.72. The van der Waals surface area contributed by atoms with Crippen molar-refractivity contribution in [1.29, 1.82) is 0 Å². The maximum atomic E-state index is 12.3. The van der Waals surface area contributed by atoms with E-state index in [2.05, 4.69) is 141 Å². The number of carbonyl (C=O) groups excluding carboxylic acids is 1. The largest absolute Gasteiger partial charge is 0.394 e. The lowest BCUT2D eigenvalue weighted by Crippen LogP contribution is -2.45. The number of carbonyl (C=O) groups is 1. The molecule has 1 amide bonds. The van der Waals surface area contributed by atoms with Crippen molar-refractivity contribution < 1.29 is 15.0 Å². The van der Waals surface area contributed by atoms with E-state index in [4.69, 9.17) is 0 Å². The molecule has 0 bridgehead atoms. The molecule has 0 aliphatic rings. The molecule has 0 heterocycles. The van der Waals surface area contributed by atoms with Crippen molar-refractivity contribution >= 4 is 5.91 Å². The molecule has 0 aliphatic carbocycles. The topological polar surface area (TPSA) is 69.6 Å². The lowest BCUT2D eigenvalue weighted by Gasteiger charge is -2.19. The standard InChI is InChI=1S/C52H83NO3/c1-3-5-7-9-11-12-13-14-15-16-17-18-19-20-21-22-23-24-25-26-27-28-29-30-31-32-33-34-35-36-37-38-39-40-42-44-46-48-52(56)53-50(49-54)51(55)47-45-43-41-10-8-6-4-2/h5,7-8,10-12,14-15,17-18,20-21,23-24,26-27,29-30,32-33,45,47,50-51,54-55H,3-4,6,9,13,16,19,22,25,28,31,34-44,46,48-49H2,1-2H3,(H,53,56)/b7-5-,10-8+,12-11-,15-14-,18-17-,21-20-,24-23-,27-26-,30-29-,33-32-,47-45+. The predicted molar refractivity (Wildman–Crippen MR) is 248 cm³/mol. The molecule has 0 saturated carbocycles. The van der Waals surface area contributed by atoms with Crippen LogP contribution in [0.15, 0.2) is 134 Å². The highest BCUT2D eigenvalue weighted by atomic mass is 16.3. The van der Waals surface area contributed by atoms with E-state index >= 15 is 0 Å². The highest BCUT2D eigenvalue weighted by Crippen LogP contribution is 2.12. The first-order valence-electron chi connectivity index (χ1n) is 22.4. The summed E-state index contributed by atoms with van der Waals surface area (Å²) in [5.74, 6) is -0.0929. The summed E-state index contributed by atoms with van der Waals surface area (Å²) < 4.78 is 0. The van der Waals surface area contributed by atoms with Gasteiger partial charge in [0.2, 0.25) is 5.91 Å². The van der Waals surface area contributed by atoms with Gasteiger partial charge in [0.15, 0.2) is 0 Å². The molecule has 0 aliphatic heterocycles. The van der Waals surface area contributed by atoms with E-state index in [1.165, 1.54) is 44.9 Å². The number of aliphatic hydroxyl groups excluding tert-OH is 2. The summed E-state index contributed by atoms with van der Waals surface area (Å²) in [5, 5.41) is 22.7. The minimum atomic E-state index is -0.869. The molecule has 56 heavy (non-hydrogen) atoms. The van der Waals surface area contributed by atoms with Gasteiger partial charge in [-0.1, -0.05) is 199 Å². The van der Waals surface area contributed by atoms with Gasteiger partial charge in [-0.15, -0.1) is 0 Å². The van der Waals surface area contributed by atoms with Gasteiger partial charge in [0, 0.05) is 6.42 Å². The highest BCUT2D eigenvalue weighted by molar-refractivity contribution is 5.76. The second kappa shape index (κ2) is 45.9. The molecule has 4 heteroatoms. The normalized spacial score (nSPS) is 14.3. The van der Waals surface area contributed by atoms with Gasteiger partial charge >= 0.3 is 0 Å². The van der Waals surface area contributed by atoms with Crippen LogP contribution in [0.3, 0.4) is 0 Å². The van der Waals surface area contributed by atoms with Crippen molar-refractivity contribution in [3.63, 3.8) is 0 Å². The number of amides is 1. The highest BCUT2D eigenvalue weighted by Gasteiger charge is 2.17. The maximum Gasteiger partial charge on any atom is 0.220 e. The van der Waals surface area contributed by atoms with Crippen LogP contribution in [0, 0.1) is 0 Å². The van der Waals surface area contributed by atoms with E-state index in [0.717, 1.165) is 103 Å². The molecule has 4 nitrogen and oxygen atoms in total. The SMILES string of the molecule is CC/C=C\C/C=C\C/C=C\C/C=C\C/C=C\C/C=C\C/C=C\C/C=C\C/C=C\CCCCCCCCCCCC(=O)NC(CO)C(O)/C=C/CC/C=C/CCC. The number of rotatable bonds is 38. The summed E-state index contributed by atoms with van der Waals surface area (Å²) in [4.78, 5) is 12.3. The molecule has 2 atom stereocenters. The van der Waals surface area contributed by atoms with Crippen molar-refractivity contribution in [3.8, 4) is 0 Å². The first-order chi connectivity index (χ1) is 27.7. The van der Waals surface area contributed by atoms with E-state index < -0.39 is 12.1 Å².